The molecule has 6 heteroatoms. The number of carboxylic acid groups (broad SMARTS) is 1. The van der Waals surface area contributed by atoms with Crippen LogP contribution in [-0.4, -0.2) is 40.9 Å². The van der Waals surface area contributed by atoms with E-state index in [4.69, 9.17) is 4.74 Å². The van der Waals surface area contributed by atoms with E-state index in [0.29, 0.717) is 0 Å². The minimum absolute atomic E-state index is 0.0422. The second kappa shape index (κ2) is 6.60. The number of carbonyl (C=O) groups is 3. The first kappa shape index (κ1) is 16.0. The van der Waals surface area contributed by atoms with Crippen molar-refractivity contribution in [3.8, 4) is 0 Å². The highest BCUT2D eigenvalue weighted by Crippen LogP contribution is 2.31. The van der Waals surface area contributed by atoms with Crippen LogP contribution in [0.15, 0.2) is 30.3 Å². The van der Waals surface area contributed by atoms with Crippen LogP contribution in [0, 0.1) is 5.41 Å². The molecule has 1 amide bonds. The summed E-state index contributed by atoms with van der Waals surface area (Å²) in [5.74, 6) is -1.50. The number of ketones is 1. The van der Waals surface area contributed by atoms with E-state index in [9.17, 15) is 19.5 Å². The molecule has 1 atom stereocenters. The summed E-state index contributed by atoms with van der Waals surface area (Å²) in [5.41, 5.74) is -0.659. The molecule has 0 spiro atoms. The number of piperidine rings is 1. The van der Waals surface area contributed by atoms with Crippen molar-refractivity contribution in [2.75, 3.05) is 13.1 Å². The molecule has 1 unspecified atom stereocenters. The van der Waals surface area contributed by atoms with Crippen LogP contribution in [0.5, 0.6) is 0 Å². The van der Waals surface area contributed by atoms with Crippen molar-refractivity contribution in [3.63, 3.8) is 0 Å². The zero-order valence-corrected chi connectivity index (χ0v) is 12.4. The minimum atomic E-state index is -1.51. The number of rotatable bonds is 4. The van der Waals surface area contributed by atoms with Gasteiger partial charge in [-0.1, -0.05) is 37.3 Å². The minimum Gasteiger partial charge on any atom is -0.480 e. The molecule has 6 nitrogen and oxygen atoms in total. The van der Waals surface area contributed by atoms with Crippen molar-refractivity contribution in [1.82, 2.24) is 4.90 Å². The molecule has 1 aromatic rings. The van der Waals surface area contributed by atoms with Crippen LogP contribution in [0.25, 0.3) is 0 Å². The number of amides is 1. The van der Waals surface area contributed by atoms with E-state index in [1.165, 1.54) is 4.90 Å². The lowest BCUT2D eigenvalue weighted by Crippen LogP contribution is -2.55. The topological polar surface area (TPSA) is 83.9 Å². The molecule has 1 N–H and O–H groups in total. The molecule has 118 valence electrons. The lowest BCUT2D eigenvalue weighted by molar-refractivity contribution is -0.158. The van der Waals surface area contributed by atoms with E-state index in [-0.39, 0.29) is 38.3 Å². The highest BCUT2D eigenvalue weighted by Gasteiger charge is 2.49. The third kappa shape index (κ3) is 3.10. The summed E-state index contributed by atoms with van der Waals surface area (Å²) in [7, 11) is 0. The van der Waals surface area contributed by atoms with Gasteiger partial charge in [0.2, 0.25) is 0 Å². The fourth-order valence-corrected chi connectivity index (χ4v) is 2.58. The Morgan fingerprint density at radius 2 is 2.00 bits per heavy atom. The molecular weight excluding hydrogens is 286 g/mol. The largest absolute Gasteiger partial charge is 0.480 e. The monoisotopic (exact) mass is 305 g/mol. The Balaban J connectivity index is 2.01. The predicted octanol–water partition coefficient (Wildman–Crippen LogP) is 2.08. The molecule has 22 heavy (non-hydrogen) atoms. The molecule has 0 saturated carbocycles. The summed E-state index contributed by atoms with van der Waals surface area (Å²) in [6.45, 7) is 1.83. The van der Waals surface area contributed by atoms with E-state index < -0.39 is 17.5 Å². The van der Waals surface area contributed by atoms with Crippen LogP contribution in [-0.2, 0) is 20.9 Å². The van der Waals surface area contributed by atoms with Gasteiger partial charge in [0.1, 0.15) is 12.0 Å². The van der Waals surface area contributed by atoms with Gasteiger partial charge in [0.05, 0.1) is 0 Å². The first-order chi connectivity index (χ1) is 10.5. The summed E-state index contributed by atoms with van der Waals surface area (Å²) in [4.78, 5) is 36.9. The number of carboxylic acids is 1. The smallest absolute Gasteiger partial charge is 0.410 e. The number of carbonyl (C=O) groups excluding carboxylic acids is 2. The molecule has 1 aromatic carbocycles. The highest BCUT2D eigenvalue weighted by atomic mass is 16.6. The van der Waals surface area contributed by atoms with E-state index in [2.05, 4.69) is 0 Å². The zero-order valence-electron chi connectivity index (χ0n) is 12.4. The Morgan fingerprint density at radius 3 is 2.59 bits per heavy atom. The third-order valence-corrected chi connectivity index (χ3v) is 4.08. The van der Waals surface area contributed by atoms with Gasteiger partial charge in [-0.05, 0) is 12.0 Å². The first-order valence-electron chi connectivity index (χ1n) is 7.22. The quantitative estimate of drug-likeness (QED) is 0.861. The normalized spacial score (nSPS) is 21.5. The Morgan fingerprint density at radius 1 is 1.32 bits per heavy atom. The number of nitrogens with zero attached hydrogens (tertiary/aromatic N) is 1. The maximum absolute atomic E-state index is 12.1. The number of Topliss-reactive ketones (excluding diaryl/α,β-unsaturated/α-hetero) is 1. The van der Waals surface area contributed by atoms with E-state index in [0.717, 1.165) is 5.56 Å². The van der Waals surface area contributed by atoms with E-state index in [1.807, 2.05) is 30.3 Å². The Labute approximate surface area is 128 Å². The molecule has 1 heterocycles. The van der Waals surface area contributed by atoms with E-state index >= 15 is 0 Å². The Kier molecular flexibility index (Phi) is 4.80. The van der Waals surface area contributed by atoms with Gasteiger partial charge in [0.25, 0.3) is 0 Å². The van der Waals surface area contributed by atoms with Crippen molar-refractivity contribution in [2.45, 2.75) is 26.4 Å². The standard InChI is InChI=1S/C16H19NO5/c1-2-16(14(19)20)11-17(9-8-13(16)18)15(21)22-10-12-6-4-3-5-7-12/h3-7H,2,8-11H2,1H3,(H,19,20). The van der Waals surface area contributed by atoms with Gasteiger partial charge in [0.15, 0.2) is 5.78 Å². The van der Waals surface area contributed by atoms with Crippen molar-refractivity contribution < 1.29 is 24.2 Å². The molecule has 1 fully saturated rings. The third-order valence-electron chi connectivity index (χ3n) is 4.08. The lowest BCUT2D eigenvalue weighted by Gasteiger charge is -2.37. The van der Waals surface area contributed by atoms with Gasteiger partial charge >= 0.3 is 12.1 Å². The second-order valence-electron chi connectivity index (χ2n) is 5.38. The fourth-order valence-electron chi connectivity index (χ4n) is 2.58. The van der Waals surface area contributed by atoms with E-state index in [1.54, 1.807) is 6.92 Å². The van der Waals surface area contributed by atoms with Crippen LogP contribution in [0.3, 0.4) is 0 Å². The molecule has 1 aliphatic heterocycles. The van der Waals surface area contributed by atoms with Crippen LogP contribution < -0.4 is 0 Å². The first-order valence-corrected chi connectivity index (χ1v) is 7.22. The van der Waals surface area contributed by atoms with Crippen LogP contribution >= 0.6 is 0 Å². The van der Waals surface area contributed by atoms with Gasteiger partial charge < -0.3 is 14.7 Å². The maximum Gasteiger partial charge on any atom is 0.410 e. The fraction of sp³-hybridized carbons (Fsp3) is 0.438. The maximum atomic E-state index is 12.1. The van der Waals surface area contributed by atoms with Crippen molar-refractivity contribution in [2.24, 2.45) is 5.41 Å². The molecule has 0 radical (unpaired) electrons. The molecule has 0 aliphatic carbocycles. The number of benzene rings is 1. The molecule has 2 rings (SSSR count). The van der Waals surface area contributed by atoms with Crippen LogP contribution in [0.4, 0.5) is 4.79 Å². The average molecular weight is 305 g/mol. The lowest BCUT2D eigenvalue weighted by atomic mass is 9.76. The number of aliphatic carboxylic acids is 1. The molecule has 0 aromatic heterocycles. The summed E-state index contributed by atoms with van der Waals surface area (Å²) in [6.07, 6.45) is -0.389. The van der Waals surface area contributed by atoms with Gasteiger partial charge in [-0.15, -0.1) is 0 Å². The van der Waals surface area contributed by atoms with Crippen molar-refractivity contribution >= 4 is 17.8 Å². The Bertz CT molecular complexity index is 571. The predicted molar refractivity (Wildman–Crippen MR) is 78.2 cm³/mol. The van der Waals surface area contributed by atoms with Gasteiger partial charge in [-0.2, -0.15) is 0 Å². The number of hydrogen-bond donors (Lipinski definition) is 1. The summed E-state index contributed by atoms with van der Waals surface area (Å²) < 4.78 is 5.20. The van der Waals surface area contributed by atoms with Crippen LogP contribution in [0.1, 0.15) is 25.3 Å². The summed E-state index contributed by atoms with van der Waals surface area (Å²) >= 11 is 0. The summed E-state index contributed by atoms with van der Waals surface area (Å²) in [5, 5.41) is 9.37. The molecule has 0 bridgehead atoms. The highest BCUT2D eigenvalue weighted by molar-refractivity contribution is 6.04. The molecule has 1 saturated heterocycles. The zero-order chi connectivity index (χ0) is 16.2. The van der Waals surface area contributed by atoms with Gasteiger partial charge in [-0.3, -0.25) is 9.59 Å². The SMILES string of the molecule is CCC1(C(=O)O)CN(C(=O)OCc2ccccc2)CCC1=O. The molecular formula is C16H19NO5. The average Bonchev–Trinajstić information content (AvgIpc) is 2.54. The second-order valence-corrected chi connectivity index (χ2v) is 5.38. The number of hydrogen-bond acceptors (Lipinski definition) is 4. The molecule has 1 aliphatic rings. The van der Waals surface area contributed by atoms with Gasteiger partial charge in [0, 0.05) is 19.5 Å². The Hall–Kier alpha value is -2.37. The van der Waals surface area contributed by atoms with Gasteiger partial charge in [-0.25, -0.2) is 4.79 Å². The van der Waals surface area contributed by atoms with Crippen molar-refractivity contribution in [1.29, 1.82) is 0 Å². The van der Waals surface area contributed by atoms with Crippen molar-refractivity contribution in [3.05, 3.63) is 35.9 Å². The number of likely N-dealkylation sites (tertiary alicyclic amines) is 1. The number of ether oxygens (including phenoxy) is 1. The summed E-state index contributed by atoms with van der Waals surface area (Å²) in [6, 6.07) is 9.22. The van der Waals surface area contributed by atoms with Crippen LogP contribution in [0.2, 0.25) is 0 Å².